The lowest BCUT2D eigenvalue weighted by atomic mass is 10.1. The molecule has 0 bridgehead atoms. The highest BCUT2D eigenvalue weighted by atomic mass is 35.5. The van der Waals surface area contributed by atoms with Crippen LogP contribution in [0.3, 0.4) is 0 Å². The minimum absolute atomic E-state index is 0.0486. The lowest BCUT2D eigenvalue weighted by Gasteiger charge is -2.32. The van der Waals surface area contributed by atoms with Crippen molar-refractivity contribution >= 4 is 39.1 Å². The smallest absolute Gasteiger partial charge is 0.244 e. The molecule has 9 heteroatoms. The van der Waals surface area contributed by atoms with Crippen LogP contribution in [0.2, 0.25) is 5.02 Å². The number of benzene rings is 2. The summed E-state index contributed by atoms with van der Waals surface area (Å²) in [6, 6.07) is 11.7. The van der Waals surface area contributed by atoms with E-state index in [0.717, 1.165) is 28.1 Å². The Hall–Kier alpha value is -2.58. The number of carbonyl (C=O) groups is 2. The summed E-state index contributed by atoms with van der Waals surface area (Å²) in [7, 11) is -3.81. The molecule has 186 valence electrons. The zero-order valence-corrected chi connectivity index (χ0v) is 22.2. The first-order valence-corrected chi connectivity index (χ1v) is 13.4. The quantitative estimate of drug-likeness (QED) is 0.525. The molecule has 2 aromatic rings. The molecule has 0 fully saturated rings. The zero-order chi connectivity index (χ0) is 25.6. The van der Waals surface area contributed by atoms with Crippen LogP contribution in [0.4, 0.5) is 5.69 Å². The fourth-order valence-corrected chi connectivity index (χ4v) is 4.57. The Kier molecular flexibility index (Phi) is 9.53. The second-order valence-corrected chi connectivity index (χ2v) is 11.0. The number of nitrogens with zero attached hydrogens (tertiary/aromatic N) is 2. The molecule has 2 rings (SSSR count). The average molecular weight is 508 g/mol. The molecule has 0 aromatic heterocycles. The van der Waals surface area contributed by atoms with Gasteiger partial charge in [0.2, 0.25) is 21.8 Å². The van der Waals surface area contributed by atoms with Crippen LogP contribution in [0.25, 0.3) is 0 Å². The first kappa shape index (κ1) is 27.7. The number of hydrogen-bond donors (Lipinski definition) is 1. The first-order valence-electron chi connectivity index (χ1n) is 11.2. The summed E-state index contributed by atoms with van der Waals surface area (Å²) in [5.74, 6) is -0.779. The average Bonchev–Trinajstić information content (AvgIpc) is 2.76. The monoisotopic (exact) mass is 507 g/mol. The van der Waals surface area contributed by atoms with Crippen molar-refractivity contribution in [2.24, 2.45) is 0 Å². The second-order valence-electron chi connectivity index (χ2n) is 8.70. The van der Waals surface area contributed by atoms with Crippen LogP contribution in [0, 0.1) is 13.8 Å². The van der Waals surface area contributed by atoms with E-state index >= 15 is 0 Å². The van der Waals surface area contributed by atoms with E-state index in [-0.39, 0.29) is 18.5 Å². The van der Waals surface area contributed by atoms with E-state index in [9.17, 15) is 18.0 Å². The topological polar surface area (TPSA) is 86.8 Å². The molecule has 0 unspecified atom stereocenters. The number of sulfonamides is 1. The molecule has 0 aliphatic heterocycles. The van der Waals surface area contributed by atoms with Gasteiger partial charge in [0.25, 0.3) is 0 Å². The highest BCUT2D eigenvalue weighted by Crippen LogP contribution is 2.26. The molecule has 7 nitrogen and oxygen atoms in total. The molecule has 0 radical (unpaired) electrons. The predicted octanol–water partition coefficient (Wildman–Crippen LogP) is 4.05. The van der Waals surface area contributed by atoms with Gasteiger partial charge in [-0.05, 0) is 57.4 Å². The van der Waals surface area contributed by atoms with E-state index in [2.05, 4.69) is 5.32 Å². The number of halogens is 1. The minimum Gasteiger partial charge on any atom is -0.352 e. The van der Waals surface area contributed by atoms with Gasteiger partial charge in [0, 0.05) is 17.6 Å². The molecule has 1 N–H and O–H groups in total. The summed E-state index contributed by atoms with van der Waals surface area (Å²) in [5, 5.41) is 3.27. The number of aryl methyl sites for hydroxylation is 2. The molecule has 0 saturated carbocycles. The summed E-state index contributed by atoms with van der Waals surface area (Å²) in [4.78, 5) is 27.9. The standard InChI is InChI=1S/C25H34ClN3O4S/c1-7-19(4)27-25(31)20(5)28(15-21-10-8-9-17(2)13-21)24(30)16-29(34(6,32)33)23-14-22(26)12-11-18(23)3/h8-14,19-20H,7,15-16H2,1-6H3,(H,27,31)/t19-,20-/m1/s1. The van der Waals surface area contributed by atoms with Crippen LogP contribution >= 0.6 is 11.6 Å². The van der Waals surface area contributed by atoms with Crippen molar-refractivity contribution in [1.29, 1.82) is 0 Å². The highest BCUT2D eigenvalue weighted by Gasteiger charge is 2.31. The van der Waals surface area contributed by atoms with Gasteiger partial charge in [0.15, 0.2) is 0 Å². The number of carbonyl (C=O) groups excluding carboxylic acids is 2. The van der Waals surface area contributed by atoms with Gasteiger partial charge in [-0.3, -0.25) is 13.9 Å². The highest BCUT2D eigenvalue weighted by molar-refractivity contribution is 7.92. The van der Waals surface area contributed by atoms with Crippen LogP contribution in [0.1, 0.15) is 43.9 Å². The molecular weight excluding hydrogens is 474 g/mol. The Balaban J connectivity index is 2.43. The third-order valence-electron chi connectivity index (χ3n) is 5.72. The number of anilines is 1. The van der Waals surface area contributed by atoms with Crippen LogP contribution in [-0.4, -0.2) is 50.0 Å². The molecule has 34 heavy (non-hydrogen) atoms. The maximum atomic E-state index is 13.6. The Morgan fingerprint density at radius 1 is 1.09 bits per heavy atom. The minimum atomic E-state index is -3.81. The molecule has 0 spiro atoms. The Morgan fingerprint density at radius 2 is 1.76 bits per heavy atom. The van der Waals surface area contributed by atoms with E-state index in [1.807, 2.05) is 45.0 Å². The van der Waals surface area contributed by atoms with Gasteiger partial charge in [-0.2, -0.15) is 0 Å². The van der Waals surface area contributed by atoms with E-state index in [1.54, 1.807) is 26.0 Å². The maximum absolute atomic E-state index is 13.6. The maximum Gasteiger partial charge on any atom is 0.244 e. The Labute approximate surface area is 208 Å². The molecule has 2 amide bonds. The van der Waals surface area contributed by atoms with Gasteiger partial charge in [-0.1, -0.05) is 54.4 Å². The van der Waals surface area contributed by atoms with Crippen molar-refractivity contribution in [1.82, 2.24) is 10.2 Å². The van der Waals surface area contributed by atoms with Crippen molar-refractivity contribution in [2.45, 2.75) is 59.7 Å². The SMILES string of the molecule is CC[C@@H](C)NC(=O)[C@@H](C)N(Cc1cccc(C)c1)C(=O)CN(c1cc(Cl)ccc1C)S(C)(=O)=O. The molecule has 2 atom stereocenters. The molecule has 0 saturated heterocycles. The van der Waals surface area contributed by atoms with Crippen molar-refractivity contribution in [3.63, 3.8) is 0 Å². The van der Waals surface area contributed by atoms with Crippen molar-refractivity contribution < 1.29 is 18.0 Å². The summed E-state index contributed by atoms with van der Waals surface area (Å²) in [6.07, 6.45) is 1.80. The van der Waals surface area contributed by atoms with Crippen molar-refractivity contribution in [3.05, 3.63) is 64.2 Å². The van der Waals surface area contributed by atoms with Gasteiger partial charge in [0.1, 0.15) is 12.6 Å². The number of amides is 2. The van der Waals surface area contributed by atoms with Gasteiger partial charge in [-0.25, -0.2) is 8.42 Å². The van der Waals surface area contributed by atoms with E-state index in [0.29, 0.717) is 16.3 Å². The van der Waals surface area contributed by atoms with Gasteiger partial charge < -0.3 is 10.2 Å². The van der Waals surface area contributed by atoms with Crippen LogP contribution in [-0.2, 0) is 26.2 Å². The fourth-order valence-electron chi connectivity index (χ4n) is 3.50. The molecular formula is C25H34ClN3O4S. The predicted molar refractivity (Wildman–Crippen MR) is 137 cm³/mol. The van der Waals surface area contributed by atoms with Crippen LogP contribution in [0.5, 0.6) is 0 Å². The second kappa shape index (κ2) is 11.7. The zero-order valence-electron chi connectivity index (χ0n) is 20.6. The van der Waals surface area contributed by atoms with Crippen LogP contribution in [0.15, 0.2) is 42.5 Å². The van der Waals surface area contributed by atoms with Crippen molar-refractivity contribution in [3.8, 4) is 0 Å². The normalized spacial score (nSPS) is 13.1. The summed E-state index contributed by atoms with van der Waals surface area (Å²) < 4.78 is 26.4. The largest absolute Gasteiger partial charge is 0.352 e. The van der Waals surface area contributed by atoms with Gasteiger partial charge in [0.05, 0.1) is 11.9 Å². The third kappa shape index (κ3) is 7.46. The number of hydrogen-bond acceptors (Lipinski definition) is 4. The van der Waals surface area contributed by atoms with Crippen molar-refractivity contribution in [2.75, 3.05) is 17.1 Å². The Bertz CT molecular complexity index is 1140. The number of nitrogens with one attached hydrogen (secondary N) is 1. The summed E-state index contributed by atoms with van der Waals surface area (Å²) in [5.41, 5.74) is 2.86. The fraction of sp³-hybridized carbons (Fsp3) is 0.440. The van der Waals surface area contributed by atoms with Gasteiger partial charge >= 0.3 is 0 Å². The number of rotatable bonds is 10. The van der Waals surface area contributed by atoms with Gasteiger partial charge in [-0.15, -0.1) is 0 Å². The molecule has 2 aromatic carbocycles. The molecule has 0 aliphatic carbocycles. The van der Waals surface area contributed by atoms with E-state index in [4.69, 9.17) is 11.6 Å². The Morgan fingerprint density at radius 3 is 2.35 bits per heavy atom. The lowest BCUT2D eigenvalue weighted by molar-refractivity contribution is -0.139. The lowest BCUT2D eigenvalue weighted by Crippen LogP contribution is -2.52. The summed E-state index contributed by atoms with van der Waals surface area (Å²) >= 11 is 6.12. The molecule has 0 heterocycles. The van der Waals surface area contributed by atoms with E-state index < -0.39 is 28.5 Å². The van der Waals surface area contributed by atoms with Crippen LogP contribution < -0.4 is 9.62 Å². The first-order chi connectivity index (χ1) is 15.8. The van der Waals surface area contributed by atoms with E-state index in [1.165, 1.54) is 11.0 Å². The third-order valence-corrected chi connectivity index (χ3v) is 7.08. The summed E-state index contributed by atoms with van der Waals surface area (Å²) in [6.45, 7) is 8.92. The molecule has 0 aliphatic rings.